The topological polar surface area (TPSA) is 21.3 Å². The standard InChI is InChI=1S/C9H18FNO/c1-8(7-10)11-9-3-2-5-12-6-4-9/h8-9,11H,2-7H2,1H3. The SMILES string of the molecule is CC(CF)NC1CCCOCC1. The molecule has 0 amide bonds. The molecule has 2 nitrogen and oxygen atoms in total. The third kappa shape index (κ3) is 3.50. The van der Waals surface area contributed by atoms with Gasteiger partial charge in [0, 0.05) is 25.3 Å². The van der Waals surface area contributed by atoms with Crippen LogP contribution < -0.4 is 5.32 Å². The second kappa shape index (κ2) is 5.49. The predicted molar refractivity (Wildman–Crippen MR) is 47.0 cm³/mol. The van der Waals surface area contributed by atoms with E-state index in [1.54, 1.807) is 0 Å². The lowest BCUT2D eigenvalue weighted by atomic mass is 10.1. The minimum atomic E-state index is -0.280. The van der Waals surface area contributed by atoms with Crippen LogP contribution in [0.3, 0.4) is 0 Å². The maximum Gasteiger partial charge on any atom is 0.104 e. The van der Waals surface area contributed by atoms with E-state index in [1.807, 2.05) is 6.92 Å². The zero-order valence-electron chi connectivity index (χ0n) is 7.68. The van der Waals surface area contributed by atoms with Crippen molar-refractivity contribution in [3.63, 3.8) is 0 Å². The number of ether oxygens (including phenoxy) is 1. The van der Waals surface area contributed by atoms with E-state index in [2.05, 4.69) is 5.32 Å². The minimum absolute atomic E-state index is 0.00639. The van der Waals surface area contributed by atoms with Crippen LogP contribution in [-0.4, -0.2) is 32.0 Å². The zero-order chi connectivity index (χ0) is 8.81. The molecule has 0 radical (unpaired) electrons. The van der Waals surface area contributed by atoms with Crippen LogP contribution in [-0.2, 0) is 4.74 Å². The summed E-state index contributed by atoms with van der Waals surface area (Å²) in [5.41, 5.74) is 0. The van der Waals surface area contributed by atoms with E-state index in [0.717, 1.165) is 32.5 Å². The Labute approximate surface area is 73.5 Å². The van der Waals surface area contributed by atoms with Gasteiger partial charge in [-0.25, -0.2) is 4.39 Å². The average Bonchev–Trinajstić information content (AvgIpc) is 2.33. The van der Waals surface area contributed by atoms with Crippen molar-refractivity contribution in [2.75, 3.05) is 19.9 Å². The van der Waals surface area contributed by atoms with Crippen molar-refractivity contribution < 1.29 is 9.13 Å². The number of rotatable bonds is 3. The second-order valence-electron chi connectivity index (χ2n) is 3.46. The summed E-state index contributed by atoms with van der Waals surface area (Å²) >= 11 is 0. The molecule has 0 aromatic heterocycles. The van der Waals surface area contributed by atoms with E-state index in [1.165, 1.54) is 0 Å². The maximum absolute atomic E-state index is 12.1. The van der Waals surface area contributed by atoms with Gasteiger partial charge in [0.2, 0.25) is 0 Å². The van der Waals surface area contributed by atoms with Crippen molar-refractivity contribution in [1.29, 1.82) is 0 Å². The number of alkyl halides is 1. The van der Waals surface area contributed by atoms with E-state index in [4.69, 9.17) is 4.74 Å². The molecule has 1 saturated heterocycles. The molecule has 0 aromatic rings. The molecule has 0 aromatic carbocycles. The Kier molecular flexibility index (Phi) is 4.54. The molecule has 1 aliphatic rings. The monoisotopic (exact) mass is 175 g/mol. The lowest BCUT2D eigenvalue weighted by Gasteiger charge is -2.19. The van der Waals surface area contributed by atoms with E-state index < -0.39 is 0 Å². The molecule has 2 atom stereocenters. The summed E-state index contributed by atoms with van der Waals surface area (Å²) in [7, 11) is 0. The van der Waals surface area contributed by atoms with Crippen LogP contribution in [0.25, 0.3) is 0 Å². The Morgan fingerprint density at radius 3 is 3.08 bits per heavy atom. The molecule has 0 spiro atoms. The fourth-order valence-corrected chi connectivity index (χ4v) is 1.52. The average molecular weight is 175 g/mol. The van der Waals surface area contributed by atoms with Gasteiger partial charge in [0.25, 0.3) is 0 Å². The van der Waals surface area contributed by atoms with Crippen molar-refractivity contribution in [2.45, 2.75) is 38.3 Å². The van der Waals surface area contributed by atoms with Gasteiger partial charge in [0.1, 0.15) is 6.67 Å². The molecule has 72 valence electrons. The minimum Gasteiger partial charge on any atom is -0.381 e. The molecule has 1 aliphatic heterocycles. The normalized spacial score (nSPS) is 28.0. The largest absolute Gasteiger partial charge is 0.381 e. The molecule has 2 unspecified atom stereocenters. The van der Waals surface area contributed by atoms with Crippen molar-refractivity contribution >= 4 is 0 Å². The summed E-state index contributed by atoms with van der Waals surface area (Å²) < 4.78 is 17.5. The molecule has 1 N–H and O–H groups in total. The maximum atomic E-state index is 12.1. The third-order valence-corrected chi connectivity index (χ3v) is 2.20. The van der Waals surface area contributed by atoms with Crippen LogP contribution in [0.4, 0.5) is 4.39 Å². The van der Waals surface area contributed by atoms with Gasteiger partial charge in [-0.05, 0) is 26.2 Å². The Morgan fingerprint density at radius 1 is 1.50 bits per heavy atom. The first-order chi connectivity index (χ1) is 5.83. The van der Waals surface area contributed by atoms with Crippen molar-refractivity contribution in [2.24, 2.45) is 0 Å². The molecule has 1 rings (SSSR count). The van der Waals surface area contributed by atoms with Gasteiger partial charge in [-0.1, -0.05) is 0 Å². The molecule has 12 heavy (non-hydrogen) atoms. The van der Waals surface area contributed by atoms with Crippen molar-refractivity contribution in [3.05, 3.63) is 0 Å². The number of hydrogen-bond acceptors (Lipinski definition) is 2. The quantitative estimate of drug-likeness (QED) is 0.702. The highest BCUT2D eigenvalue weighted by Gasteiger charge is 2.13. The molecule has 0 saturated carbocycles. The van der Waals surface area contributed by atoms with Crippen molar-refractivity contribution in [1.82, 2.24) is 5.32 Å². The summed E-state index contributed by atoms with van der Waals surface area (Å²) in [5, 5.41) is 3.25. The molecule has 0 bridgehead atoms. The first-order valence-electron chi connectivity index (χ1n) is 4.72. The highest BCUT2D eigenvalue weighted by Crippen LogP contribution is 2.08. The molecule has 1 fully saturated rings. The number of halogens is 1. The van der Waals surface area contributed by atoms with Gasteiger partial charge in [-0.15, -0.1) is 0 Å². The summed E-state index contributed by atoms with van der Waals surface area (Å²) in [5.74, 6) is 0. The fourth-order valence-electron chi connectivity index (χ4n) is 1.52. The Hall–Kier alpha value is -0.150. The Morgan fingerprint density at radius 2 is 2.33 bits per heavy atom. The van der Waals surface area contributed by atoms with Crippen molar-refractivity contribution in [3.8, 4) is 0 Å². The lowest BCUT2D eigenvalue weighted by Crippen LogP contribution is -2.37. The molecular weight excluding hydrogens is 157 g/mol. The highest BCUT2D eigenvalue weighted by molar-refractivity contribution is 4.72. The van der Waals surface area contributed by atoms with E-state index in [9.17, 15) is 4.39 Å². The third-order valence-electron chi connectivity index (χ3n) is 2.20. The van der Waals surface area contributed by atoms with Gasteiger partial charge >= 0.3 is 0 Å². The number of hydrogen-bond donors (Lipinski definition) is 1. The summed E-state index contributed by atoms with van der Waals surface area (Å²) in [4.78, 5) is 0. The second-order valence-corrected chi connectivity index (χ2v) is 3.46. The first kappa shape index (κ1) is 9.93. The van der Waals surface area contributed by atoms with Gasteiger partial charge in [-0.2, -0.15) is 0 Å². The van der Waals surface area contributed by atoms with Crippen LogP contribution in [0.2, 0.25) is 0 Å². The van der Waals surface area contributed by atoms with E-state index >= 15 is 0 Å². The van der Waals surface area contributed by atoms with Crippen LogP contribution in [0.15, 0.2) is 0 Å². The molecule has 1 heterocycles. The Balaban J connectivity index is 2.20. The fraction of sp³-hybridized carbons (Fsp3) is 1.00. The highest BCUT2D eigenvalue weighted by atomic mass is 19.1. The summed E-state index contributed by atoms with van der Waals surface area (Å²) in [6.45, 7) is 3.28. The zero-order valence-corrected chi connectivity index (χ0v) is 7.68. The smallest absolute Gasteiger partial charge is 0.104 e. The molecule has 0 aliphatic carbocycles. The number of nitrogens with one attached hydrogen (secondary N) is 1. The first-order valence-corrected chi connectivity index (χ1v) is 4.72. The van der Waals surface area contributed by atoms with E-state index in [-0.39, 0.29) is 12.7 Å². The summed E-state index contributed by atoms with van der Waals surface area (Å²) in [6, 6.07) is 0.450. The van der Waals surface area contributed by atoms with Crippen LogP contribution in [0.1, 0.15) is 26.2 Å². The lowest BCUT2D eigenvalue weighted by molar-refractivity contribution is 0.142. The Bertz CT molecular complexity index is 113. The molecular formula is C9H18FNO. The van der Waals surface area contributed by atoms with E-state index in [0.29, 0.717) is 6.04 Å². The molecule has 3 heteroatoms. The van der Waals surface area contributed by atoms with Crippen LogP contribution >= 0.6 is 0 Å². The van der Waals surface area contributed by atoms with Gasteiger partial charge in [0.05, 0.1) is 0 Å². The van der Waals surface area contributed by atoms with Crippen LogP contribution in [0.5, 0.6) is 0 Å². The predicted octanol–water partition coefficient (Wildman–Crippen LogP) is 1.50. The summed E-state index contributed by atoms with van der Waals surface area (Å²) in [6.07, 6.45) is 3.23. The van der Waals surface area contributed by atoms with Gasteiger partial charge in [-0.3, -0.25) is 0 Å². The van der Waals surface area contributed by atoms with Gasteiger partial charge < -0.3 is 10.1 Å². The van der Waals surface area contributed by atoms with Gasteiger partial charge in [0.15, 0.2) is 0 Å². The van der Waals surface area contributed by atoms with Crippen LogP contribution in [0, 0.1) is 0 Å².